The summed E-state index contributed by atoms with van der Waals surface area (Å²) in [6.45, 7) is 10.1. The molecule has 3 rings (SSSR count). The molecule has 17 amide bonds. The van der Waals surface area contributed by atoms with Crippen molar-refractivity contribution in [2.24, 2.45) is 29.2 Å². The summed E-state index contributed by atoms with van der Waals surface area (Å²) >= 11 is 0. The smallest absolute Gasteiger partial charge is 0.278 e. The van der Waals surface area contributed by atoms with E-state index in [1.54, 1.807) is 102 Å². The number of quaternary nitrogens is 3. The third kappa shape index (κ3) is 41.0. The lowest BCUT2D eigenvalue weighted by Gasteiger charge is -2.31. The highest BCUT2D eigenvalue weighted by Crippen LogP contribution is 2.22. The van der Waals surface area contributed by atoms with E-state index < -0.39 is 261 Å². The minimum absolute atomic E-state index is 0.0257. The summed E-state index contributed by atoms with van der Waals surface area (Å²) in [5, 5.41) is 100. The molecule has 1 heterocycles. The number of carboxylic acid groups (broad SMARTS) is 2. The van der Waals surface area contributed by atoms with E-state index in [2.05, 4.69) is 91.6 Å². The van der Waals surface area contributed by atoms with Crippen molar-refractivity contribution in [1.29, 1.82) is 0 Å². The number of amides is 17. The maximum Gasteiger partial charge on any atom is 0.278 e. The highest BCUT2D eigenvalue weighted by atomic mass is 16.4. The molecule has 1 saturated heterocycles. The fourth-order valence-electron chi connectivity index (χ4n) is 13.8. The normalized spacial score (nSPS) is 16.2. The number of carbonyl (C=O) groups is 19. The predicted octanol–water partition coefficient (Wildman–Crippen LogP) is -12.0. The average molecular weight is 1830 g/mol. The molecule has 720 valence electrons. The van der Waals surface area contributed by atoms with Gasteiger partial charge in [0.05, 0.1) is 57.1 Å². The maximum atomic E-state index is 15.1. The Morgan fingerprint density at radius 3 is 1.19 bits per heavy atom. The van der Waals surface area contributed by atoms with Crippen LogP contribution in [0.25, 0.3) is 0 Å². The number of benzene rings is 2. The molecular formula is C84H135N20O25+. The second kappa shape index (κ2) is 57.8. The first-order chi connectivity index (χ1) is 60.8. The number of rotatable bonds is 61. The van der Waals surface area contributed by atoms with Crippen molar-refractivity contribution in [1.82, 2.24) is 79.3 Å². The summed E-state index contributed by atoms with van der Waals surface area (Å²) < 4.78 is 0. The predicted molar refractivity (Wildman–Crippen MR) is 455 cm³/mol. The van der Waals surface area contributed by atoms with Gasteiger partial charge in [-0.3, -0.25) is 81.5 Å². The largest absolute Gasteiger partial charge is 0.550 e. The standard InChI is InChI=1S/C84H134N20O25/c1-44(2)36-56(74(118)95-57(37-45(3)4)75(119)99-60(84(128)129)38-46(5)6)96-78(122)61(42-105)101-72(116)53(25-16-18-34-86)91-73(117)54(28-31-65(89)110)93-71(115)52(24-15-17-33-85)92-76(120)58(39-49-20-11-9-12-21-49)97-77(121)59(40-50-22-13-10-14-23-50)98-80(124)63-26-19-35-104(63)83(127)55(29-32-67(112)113)94-82(126)69(48(8)108)102-66(111)41-90-81(125)68(47(7)107)103-79(123)62(43-106)100-70(114)51(87)27-30-64(88)109/h9-14,20-23,44-48,51-63,68-69,105-108H,15-19,24-43,85-87H2,1-8H3,(H2,88,109)(H2,89,110)(H,90,125)(H,91,117)(H,92,120)(H,93,115)(H,94,126)(H,95,118)(H,96,122)(H,97,121)(H,98,124)(H,99,119)(H,100,114)(H,101,116)(H,102,111)(H,103,123)(H,112,113)(H,128,129)/p+1/t47-,48-,51+,52+,53+,54+,55+,56+,57+,58+,59+,60+,61+,62+,63+,68+,69+/m1/s1. The van der Waals surface area contributed by atoms with E-state index in [9.17, 15) is 112 Å². The van der Waals surface area contributed by atoms with Gasteiger partial charge in [-0.1, -0.05) is 102 Å². The molecule has 2 aromatic rings. The number of carbonyl (C=O) groups excluding carboxylic acids is 19. The monoisotopic (exact) mass is 1820 g/mol. The van der Waals surface area contributed by atoms with E-state index in [0.717, 1.165) is 18.7 Å². The third-order valence-corrected chi connectivity index (χ3v) is 20.8. The van der Waals surface area contributed by atoms with Crippen molar-refractivity contribution in [3.05, 3.63) is 71.8 Å². The number of nitrogens with one attached hydrogen (secondary N) is 14. The van der Waals surface area contributed by atoms with Gasteiger partial charge in [-0.05, 0) is 133 Å². The zero-order valence-corrected chi connectivity index (χ0v) is 74.6. The molecule has 1 aliphatic rings. The SMILES string of the molecule is CC(C)C[C@H](NC(=O)[C@H](CC(C)C)NC(=O)[C@H](CC(C)C)NC(=O)[C@H](CO)NC(=O)[C@H](CCCC[NH3+])NC(=O)[C@H](CCC(N)=O)NC(=O)[C@H](CCCC[NH3+])NC(=O)[C@H](Cc1ccccc1)NC(=O)[C@H](Cc1ccccc1)NC(=O)[C@@H]1CCCN1C(=O)[C@H](CCC(=O)[O-])NC(=O)[C@@H](NC(=O)CNC(=O)[C@@H](NC(=O)[C@H](CO)NC(=O)[C@@H]([NH3+])CCC(N)=O)[C@@H](C)O)[C@@H](C)O)C(=O)[O-]. The number of nitrogens with two attached hydrogens (primary N) is 2. The number of aliphatic carboxylic acids is 2. The van der Waals surface area contributed by atoms with E-state index in [1.807, 2.05) is 0 Å². The second-order valence-corrected chi connectivity index (χ2v) is 33.4. The molecule has 129 heavy (non-hydrogen) atoms. The first kappa shape index (κ1) is 111. The zero-order chi connectivity index (χ0) is 96.9. The number of aliphatic hydroxyl groups excluding tert-OH is 4. The van der Waals surface area contributed by atoms with Gasteiger partial charge in [0, 0.05) is 44.6 Å². The Bertz CT molecular complexity index is 4070. The molecule has 45 nitrogen and oxygen atoms in total. The van der Waals surface area contributed by atoms with Gasteiger partial charge < -0.3 is 148 Å². The summed E-state index contributed by atoms with van der Waals surface area (Å²) in [7, 11) is 0. The van der Waals surface area contributed by atoms with Crippen molar-refractivity contribution < 1.29 is 139 Å². The van der Waals surface area contributed by atoms with Crippen LogP contribution in [0.5, 0.6) is 0 Å². The van der Waals surface area contributed by atoms with Gasteiger partial charge in [0.1, 0.15) is 78.5 Å². The number of primary amides is 2. The molecule has 45 heteroatoms. The van der Waals surface area contributed by atoms with Crippen LogP contribution in [0.4, 0.5) is 0 Å². The van der Waals surface area contributed by atoms with Crippen LogP contribution in [0, 0.1) is 17.8 Å². The quantitative estimate of drug-likeness (QED) is 0.0274. The number of nitrogens with zero attached hydrogens (tertiary/aromatic N) is 1. The molecule has 0 aromatic heterocycles. The van der Waals surface area contributed by atoms with E-state index in [4.69, 9.17) is 11.5 Å². The van der Waals surface area contributed by atoms with Crippen LogP contribution < -0.4 is 113 Å². The second-order valence-electron chi connectivity index (χ2n) is 33.4. The first-order valence-corrected chi connectivity index (χ1v) is 43.4. The fraction of sp³-hybridized carbons (Fsp3) is 0.631. The minimum atomic E-state index is -1.95. The molecule has 0 saturated carbocycles. The maximum absolute atomic E-state index is 15.1. The topological polar surface area (TPSA) is 758 Å². The van der Waals surface area contributed by atoms with Crippen LogP contribution in [-0.2, 0) is 104 Å². The van der Waals surface area contributed by atoms with Crippen molar-refractivity contribution in [3.63, 3.8) is 0 Å². The van der Waals surface area contributed by atoms with E-state index in [0.29, 0.717) is 37.1 Å². The Balaban J connectivity index is 1.97. The Kier molecular flexibility index (Phi) is 49.9. The number of hydrogen-bond donors (Lipinski definition) is 23. The van der Waals surface area contributed by atoms with E-state index >= 15 is 9.59 Å². The van der Waals surface area contributed by atoms with E-state index in [1.165, 1.54) is 0 Å². The zero-order valence-electron chi connectivity index (χ0n) is 74.6. The molecule has 17 atom stereocenters. The summed E-state index contributed by atoms with van der Waals surface area (Å²) in [6.07, 6.45) is -5.72. The van der Waals surface area contributed by atoms with Crippen LogP contribution in [0.15, 0.2) is 60.7 Å². The molecular weight excluding hydrogens is 1690 g/mol. The number of aliphatic hydroxyl groups is 4. The lowest BCUT2D eigenvalue weighted by Crippen LogP contribution is -2.69. The third-order valence-electron chi connectivity index (χ3n) is 20.8. The van der Waals surface area contributed by atoms with Crippen LogP contribution in [0.1, 0.15) is 176 Å². The summed E-state index contributed by atoms with van der Waals surface area (Å²) in [4.78, 5) is 261. The van der Waals surface area contributed by atoms with Gasteiger partial charge in [0.25, 0.3) is 5.91 Å². The molecule has 0 unspecified atom stereocenters. The molecule has 0 bridgehead atoms. The van der Waals surface area contributed by atoms with Gasteiger partial charge in [0.15, 0.2) is 6.04 Å². The molecule has 31 N–H and O–H groups in total. The molecule has 2 aromatic carbocycles. The fourth-order valence-corrected chi connectivity index (χ4v) is 13.8. The first-order valence-electron chi connectivity index (χ1n) is 43.4. The number of likely N-dealkylation sites (tertiary alicyclic amines) is 1. The van der Waals surface area contributed by atoms with Gasteiger partial charge in [-0.2, -0.15) is 0 Å². The summed E-state index contributed by atoms with van der Waals surface area (Å²) in [5.41, 5.74) is 23.0. The Morgan fingerprint density at radius 2 is 0.767 bits per heavy atom. The summed E-state index contributed by atoms with van der Waals surface area (Å²) in [6, 6.07) is -7.11. The van der Waals surface area contributed by atoms with Gasteiger partial charge in [-0.25, -0.2) is 0 Å². The van der Waals surface area contributed by atoms with Crippen molar-refractivity contribution in [2.75, 3.05) is 39.4 Å². The van der Waals surface area contributed by atoms with Gasteiger partial charge >= 0.3 is 0 Å². The molecule has 1 aliphatic heterocycles. The highest BCUT2D eigenvalue weighted by molar-refractivity contribution is 6.01. The van der Waals surface area contributed by atoms with E-state index in [-0.39, 0.29) is 108 Å². The number of unbranched alkanes of at least 4 members (excludes halogenated alkanes) is 2. The Labute approximate surface area is 748 Å². The highest BCUT2D eigenvalue weighted by Gasteiger charge is 2.43. The van der Waals surface area contributed by atoms with Crippen molar-refractivity contribution in [2.45, 2.75) is 280 Å². The van der Waals surface area contributed by atoms with Crippen molar-refractivity contribution in [3.8, 4) is 0 Å². The van der Waals surface area contributed by atoms with Crippen LogP contribution in [0.2, 0.25) is 0 Å². The Morgan fingerprint density at radius 1 is 0.411 bits per heavy atom. The van der Waals surface area contributed by atoms with Crippen LogP contribution in [-0.4, -0.2) is 280 Å². The minimum Gasteiger partial charge on any atom is -0.550 e. The molecule has 0 aliphatic carbocycles. The lowest BCUT2D eigenvalue weighted by molar-refractivity contribution is -0.405. The summed E-state index contributed by atoms with van der Waals surface area (Å²) in [5.74, 6) is -20.9. The molecule has 0 spiro atoms. The molecule has 1 fully saturated rings. The van der Waals surface area contributed by atoms with Gasteiger partial charge in [-0.15, -0.1) is 0 Å². The van der Waals surface area contributed by atoms with Crippen LogP contribution >= 0.6 is 0 Å². The number of hydrogen-bond acceptors (Lipinski definition) is 25. The average Bonchev–Trinajstić information content (AvgIpc) is 1.73. The molecule has 0 radical (unpaired) electrons. The van der Waals surface area contributed by atoms with Crippen LogP contribution in [0.3, 0.4) is 0 Å². The van der Waals surface area contributed by atoms with Crippen molar-refractivity contribution >= 4 is 112 Å². The lowest BCUT2D eigenvalue weighted by atomic mass is 9.99. The Hall–Kier alpha value is -11.9. The van der Waals surface area contributed by atoms with Gasteiger partial charge in [0.2, 0.25) is 94.5 Å². The number of carboxylic acids is 2.